The molecule has 1 N–H and O–H groups in total. The Hall–Kier alpha value is -0.0800. The topological polar surface area (TPSA) is 23.5 Å². The fraction of sp³-hybridized carbons (Fsp3) is 1.00. The van der Waals surface area contributed by atoms with Gasteiger partial charge in [-0.1, -0.05) is 27.7 Å². The predicted octanol–water partition coefficient (Wildman–Crippen LogP) is 2.13. The SMILES string of the molecule is CCN(CC)CC(CC)(CC)CO. The molecule has 0 rings (SSSR count). The standard InChI is InChI=1S/C11H25NO/c1-5-11(6-2,10-13)9-12(7-3)8-4/h13H,5-10H2,1-4H3. The zero-order chi connectivity index (χ0) is 10.3. The average Bonchev–Trinajstić information content (AvgIpc) is 2.21. The maximum absolute atomic E-state index is 9.39. The van der Waals surface area contributed by atoms with Crippen LogP contribution in [0.2, 0.25) is 0 Å². The summed E-state index contributed by atoms with van der Waals surface area (Å²) >= 11 is 0. The molecule has 0 bridgehead atoms. The number of rotatable bonds is 7. The lowest BCUT2D eigenvalue weighted by molar-refractivity contribution is 0.0698. The highest BCUT2D eigenvalue weighted by molar-refractivity contribution is 4.79. The molecule has 0 saturated heterocycles. The normalized spacial score (nSPS) is 12.5. The van der Waals surface area contributed by atoms with E-state index < -0.39 is 0 Å². The molecule has 2 nitrogen and oxygen atoms in total. The second-order valence-corrected chi connectivity index (χ2v) is 3.83. The van der Waals surface area contributed by atoms with E-state index in [1.165, 1.54) is 0 Å². The van der Waals surface area contributed by atoms with Crippen molar-refractivity contribution in [3.63, 3.8) is 0 Å². The van der Waals surface area contributed by atoms with E-state index in [9.17, 15) is 5.11 Å². The van der Waals surface area contributed by atoms with Crippen molar-refractivity contribution < 1.29 is 5.11 Å². The quantitative estimate of drug-likeness (QED) is 0.660. The van der Waals surface area contributed by atoms with Crippen molar-refractivity contribution in [3.8, 4) is 0 Å². The highest BCUT2D eigenvalue weighted by Gasteiger charge is 2.26. The van der Waals surface area contributed by atoms with Crippen molar-refractivity contribution in [2.24, 2.45) is 5.41 Å². The van der Waals surface area contributed by atoms with Gasteiger partial charge in [0.15, 0.2) is 0 Å². The third-order valence-electron chi connectivity index (χ3n) is 3.29. The summed E-state index contributed by atoms with van der Waals surface area (Å²) in [6, 6.07) is 0. The van der Waals surface area contributed by atoms with Crippen LogP contribution in [0.3, 0.4) is 0 Å². The van der Waals surface area contributed by atoms with Gasteiger partial charge in [0.25, 0.3) is 0 Å². The number of hydrogen-bond acceptors (Lipinski definition) is 2. The highest BCUT2D eigenvalue weighted by Crippen LogP contribution is 2.26. The van der Waals surface area contributed by atoms with Crippen LogP contribution >= 0.6 is 0 Å². The Morgan fingerprint density at radius 3 is 1.69 bits per heavy atom. The van der Waals surface area contributed by atoms with Crippen LogP contribution in [0.1, 0.15) is 40.5 Å². The lowest BCUT2D eigenvalue weighted by Crippen LogP contribution is -2.39. The predicted molar refractivity (Wildman–Crippen MR) is 57.9 cm³/mol. The molecule has 0 fully saturated rings. The first-order chi connectivity index (χ1) is 6.17. The fourth-order valence-electron chi connectivity index (χ4n) is 1.67. The summed E-state index contributed by atoms with van der Waals surface area (Å²) in [4.78, 5) is 2.39. The largest absolute Gasteiger partial charge is 0.396 e. The molecule has 0 aromatic carbocycles. The van der Waals surface area contributed by atoms with Gasteiger partial charge in [0.05, 0.1) is 0 Å². The summed E-state index contributed by atoms with van der Waals surface area (Å²) in [6.07, 6.45) is 2.13. The van der Waals surface area contributed by atoms with Crippen molar-refractivity contribution in [2.45, 2.75) is 40.5 Å². The van der Waals surface area contributed by atoms with Crippen molar-refractivity contribution in [3.05, 3.63) is 0 Å². The van der Waals surface area contributed by atoms with Gasteiger partial charge in [-0.3, -0.25) is 0 Å². The molecule has 0 aliphatic rings. The number of aliphatic hydroxyl groups is 1. The Morgan fingerprint density at radius 1 is 1.00 bits per heavy atom. The molecular formula is C11H25NO. The van der Waals surface area contributed by atoms with Gasteiger partial charge in [0.2, 0.25) is 0 Å². The van der Waals surface area contributed by atoms with Gasteiger partial charge in [-0.2, -0.15) is 0 Å². The Labute approximate surface area is 82.9 Å². The second kappa shape index (κ2) is 6.39. The van der Waals surface area contributed by atoms with E-state index in [-0.39, 0.29) is 5.41 Å². The van der Waals surface area contributed by atoms with Crippen molar-refractivity contribution in [1.29, 1.82) is 0 Å². The fourth-order valence-corrected chi connectivity index (χ4v) is 1.67. The van der Waals surface area contributed by atoms with E-state index in [1.54, 1.807) is 0 Å². The minimum absolute atomic E-state index is 0.131. The van der Waals surface area contributed by atoms with Gasteiger partial charge in [-0.15, -0.1) is 0 Å². The highest BCUT2D eigenvalue weighted by atomic mass is 16.3. The number of nitrogens with zero attached hydrogens (tertiary/aromatic N) is 1. The maximum atomic E-state index is 9.39. The molecular weight excluding hydrogens is 162 g/mol. The van der Waals surface area contributed by atoms with Crippen LogP contribution in [0.5, 0.6) is 0 Å². The molecule has 13 heavy (non-hydrogen) atoms. The minimum Gasteiger partial charge on any atom is -0.396 e. The molecule has 0 aliphatic carbocycles. The van der Waals surface area contributed by atoms with Gasteiger partial charge in [0.1, 0.15) is 0 Å². The van der Waals surface area contributed by atoms with Crippen LogP contribution in [0.15, 0.2) is 0 Å². The molecule has 0 amide bonds. The first-order valence-electron chi connectivity index (χ1n) is 5.51. The maximum Gasteiger partial charge on any atom is 0.0499 e. The molecule has 0 aromatic heterocycles. The lowest BCUT2D eigenvalue weighted by atomic mass is 9.82. The van der Waals surface area contributed by atoms with Crippen LogP contribution in [-0.4, -0.2) is 36.2 Å². The molecule has 80 valence electrons. The number of hydrogen-bond donors (Lipinski definition) is 1. The summed E-state index contributed by atoms with van der Waals surface area (Å²) < 4.78 is 0. The third-order valence-corrected chi connectivity index (χ3v) is 3.29. The summed E-state index contributed by atoms with van der Waals surface area (Å²) in [5.74, 6) is 0. The summed E-state index contributed by atoms with van der Waals surface area (Å²) in [7, 11) is 0. The van der Waals surface area contributed by atoms with E-state index in [0.717, 1.165) is 32.5 Å². The molecule has 0 radical (unpaired) electrons. The summed E-state index contributed by atoms with van der Waals surface area (Å²) in [5.41, 5.74) is 0.131. The zero-order valence-electron chi connectivity index (χ0n) is 9.64. The van der Waals surface area contributed by atoms with Gasteiger partial charge >= 0.3 is 0 Å². The van der Waals surface area contributed by atoms with Gasteiger partial charge < -0.3 is 10.0 Å². The molecule has 0 aromatic rings. The van der Waals surface area contributed by atoms with Crippen molar-refractivity contribution in [1.82, 2.24) is 4.90 Å². The second-order valence-electron chi connectivity index (χ2n) is 3.83. The van der Waals surface area contributed by atoms with E-state index in [0.29, 0.717) is 6.61 Å². The summed E-state index contributed by atoms with van der Waals surface area (Å²) in [6.45, 7) is 12.2. The molecule has 0 saturated carbocycles. The molecule has 0 aliphatic heterocycles. The average molecular weight is 187 g/mol. The monoisotopic (exact) mass is 187 g/mol. The van der Waals surface area contributed by atoms with E-state index in [2.05, 4.69) is 32.6 Å². The van der Waals surface area contributed by atoms with Crippen LogP contribution < -0.4 is 0 Å². The van der Waals surface area contributed by atoms with Crippen molar-refractivity contribution in [2.75, 3.05) is 26.2 Å². The Bertz CT molecular complexity index is 109. The van der Waals surface area contributed by atoms with E-state index in [1.807, 2.05) is 0 Å². The van der Waals surface area contributed by atoms with E-state index in [4.69, 9.17) is 0 Å². The van der Waals surface area contributed by atoms with Crippen LogP contribution in [0, 0.1) is 5.41 Å². The first-order valence-corrected chi connectivity index (χ1v) is 5.51. The molecule has 0 atom stereocenters. The zero-order valence-corrected chi connectivity index (χ0v) is 9.64. The summed E-state index contributed by atoms with van der Waals surface area (Å²) in [5, 5.41) is 9.39. The van der Waals surface area contributed by atoms with Gasteiger partial charge in [0, 0.05) is 18.6 Å². The molecule has 0 unspecified atom stereocenters. The van der Waals surface area contributed by atoms with Crippen LogP contribution in [0.25, 0.3) is 0 Å². The lowest BCUT2D eigenvalue weighted by Gasteiger charge is -2.34. The van der Waals surface area contributed by atoms with Crippen LogP contribution in [0.4, 0.5) is 0 Å². The smallest absolute Gasteiger partial charge is 0.0499 e. The Balaban J connectivity index is 4.21. The first kappa shape index (κ1) is 12.9. The minimum atomic E-state index is 0.131. The molecule has 2 heteroatoms. The van der Waals surface area contributed by atoms with Gasteiger partial charge in [-0.25, -0.2) is 0 Å². The Morgan fingerprint density at radius 2 is 1.46 bits per heavy atom. The number of aliphatic hydroxyl groups excluding tert-OH is 1. The van der Waals surface area contributed by atoms with Gasteiger partial charge in [-0.05, 0) is 25.9 Å². The molecule has 0 spiro atoms. The third kappa shape index (κ3) is 3.65. The van der Waals surface area contributed by atoms with Crippen LogP contribution in [-0.2, 0) is 0 Å². The molecule has 0 heterocycles. The van der Waals surface area contributed by atoms with Crippen molar-refractivity contribution >= 4 is 0 Å². The Kier molecular flexibility index (Phi) is 6.35. The van der Waals surface area contributed by atoms with E-state index >= 15 is 0 Å².